The third-order valence-electron chi connectivity index (χ3n) is 4.36. The summed E-state index contributed by atoms with van der Waals surface area (Å²) in [6.45, 7) is 0. The minimum Gasteiger partial charge on any atom is -0.496 e. The number of thiazole rings is 1. The molecule has 2 amide bonds. The summed E-state index contributed by atoms with van der Waals surface area (Å²) in [5.74, 6) is 1.37. The van der Waals surface area contributed by atoms with E-state index in [2.05, 4.69) is 20.6 Å². The van der Waals surface area contributed by atoms with Crippen LogP contribution in [0.15, 0.2) is 60.9 Å². The number of hydrogen-bond acceptors (Lipinski definition) is 5. The van der Waals surface area contributed by atoms with E-state index in [0.29, 0.717) is 16.7 Å². The molecule has 4 aromatic rings. The largest absolute Gasteiger partial charge is 0.496 e. The monoisotopic (exact) mass is 393 g/mol. The van der Waals surface area contributed by atoms with Crippen LogP contribution < -0.4 is 15.4 Å². The van der Waals surface area contributed by atoms with E-state index in [1.54, 1.807) is 13.3 Å². The number of aryl methyl sites for hydroxylation is 1. The van der Waals surface area contributed by atoms with E-state index in [4.69, 9.17) is 4.74 Å². The summed E-state index contributed by atoms with van der Waals surface area (Å²) < 4.78 is 8.37. The van der Waals surface area contributed by atoms with Crippen molar-refractivity contribution in [2.45, 2.75) is 6.04 Å². The number of methoxy groups -OCH3 is 1. The number of ether oxygens (including phenoxy) is 1. The van der Waals surface area contributed by atoms with E-state index in [-0.39, 0.29) is 6.03 Å². The van der Waals surface area contributed by atoms with Crippen LogP contribution in [-0.2, 0) is 7.05 Å². The van der Waals surface area contributed by atoms with Crippen molar-refractivity contribution in [3.05, 3.63) is 72.3 Å². The van der Waals surface area contributed by atoms with Gasteiger partial charge in [0.1, 0.15) is 17.6 Å². The predicted octanol–water partition coefficient (Wildman–Crippen LogP) is 3.95. The molecule has 1 unspecified atom stereocenters. The van der Waals surface area contributed by atoms with Crippen LogP contribution in [0.3, 0.4) is 0 Å². The molecule has 2 N–H and O–H groups in total. The predicted molar refractivity (Wildman–Crippen MR) is 110 cm³/mol. The van der Waals surface area contributed by atoms with Gasteiger partial charge in [-0.15, -0.1) is 0 Å². The Balaban J connectivity index is 1.62. The summed E-state index contributed by atoms with van der Waals surface area (Å²) >= 11 is 1.43. The first kappa shape index (κ1) is 18.0. The summed E-state index contributed by atoms with van der Waals surface area (Å²) in [5, 5.41) is 6.37. The molecule has 1 atom stereocenters. The maximum Gasteiger partial charge on any atom is 0.321 e. The highest BCUT2D eigenvalue weighted by Crippen LogP contribution is 2.30. The smallest absolute Gasteiger partial charge is 0.321 e. The number of aromatic nitrogens is 3. The zero-order valence-corrected chi connectivity index (χ0v) is 16.2. The number of amides is 2. The summed E-state index contributed by atoms with van der Waals surface area (Å²) in [6.07, 6.45) is 3.54. The lowest BCUT2D eigenvalue weighted by molar-refractivity contribution is 0.249. The van der Waals surface area contributed by atoms with Gasteiger partial charge < -0.3 is 14.6 Å². The minimum atomic E-state index is -0.481. The first-order chi connectivity index (χ1) is 13.7. The van der Waals surface area contributed by atoms with Gasteiger partial charge in [0.2, 0.25) is 0 Å². The summed E-state index contributed by atoms with van der Waals surface area (Å²) in [5.41, 5.74) is 1.67. The van der Waals surface area contributed by atoms with E-state index < -0.39 is 6.04 Å². The Bertz CT molecular complexity index is 1090. The van der Waals surface area contributed by atoms with E-state index >= 15 is 0 Å². The van der Waals surface area contributed by atoms with Gasteiger partial charge in [0.15, 0.2) is 5.13 Å². The maximum atomic E-state index is 12.7. The van der Waals surface area contributed by atoms with E-state index in [9.17, 15) is 4.79 Å². The molecule has 0 aliphatic rings. The Kier molecular flexibility index (Phi) is 4.94. The van der Waals surface area contributed by atoms with Crippen molar-refractivity contribution >= 4 is 32.7 Å². The Morgan fingerprint density at radius 1 is 1.18 bits per heavy atom. The lowest BCUT2D eigenvalue weighted by Crippen LogP contribution is -2.34. The molecular weight excluding hydrogens is 374 g/mol. The molecule has 4 rings (SSSR count). The summed E-state index contributed by atoms with van der Waals surface area (Å²) in [7, 11) is 3.49. The molecule has 0 saturated heterocycles. The lowest BCUT2D eigenvalue weighted by atomic mass is 10.0. The highest BCUT2D eigenvalue weighted by atomic mass is 32.1. The van der Waals surface area contributed by atoms with E-state index in [0.717, 1.165) is 15.8 Å². The van der Waals surface area contributed by atoms with Crippen LogP contribution in [0, 0.1) is 0 Å². The van der Waals surface area contributed by atoms with E-state index in [1.165, 1.54) is 11.3 Å². The van der Waals surface area contributed by atoms with Crippen LogP contribution in [-0.4, -0.2) is 27.7 Å². The van der Waals surface area contributed by atoms with Crippen LogP contribution in [0.5, 0.6) is 5.75 Å². The van der Waals surface area contributed by atoms with Gasteiger partial charge >= 0.3 is 6.03 Å². The lowest BCUT2D eigenvalue weighted by Gasteiger charge is -2.21. The number of nitrogens with one attached hydrogen (secondary N) is 2. The van der Waals surface area contributed by atoms with Gasteiger partial charge in [-0.05, 0) is 18.2 Å². The van der Waals surface area contributed by atoms with Crippen LogP contribution >= 0.6 is 11.3 Å². The Labute approximate surface area is 166 Å². The molecule has 0 aliphatic carbocycles. The number of anilines is 1. The number of fused-ring (bicyclic) bond motifs is 1. The minimum absolute atomic E-state index is 0.363. The second-order valence-electron chi connectivity index (χ2n) is 6.16. The molecule has 2 aromatic carbocycles. The van der Waals surface area contributed by atoms with Gasteiger partial charge in [-0.25, -0.2) is 14.8 Å². The van der Waals surface area contributed by atoms with Crippen molar-refractivity contribution in [1.82, 2.24) is 19.9 Å². The number of nitrogens with zero attached hydrogens (tertiary/aromatic N) is 3. The average Bonchev–Trinajstić information content (AvgIpc) is 3.31. The van der Waals surface area contributed by atoms with Crippen molar-refractivity contribution in [2.75, 3.05) is 12.4 Å². The maximum absolute atomic E-state index is 12.7. The fraction of sp³-hybridized carbons (Fsp3) is 0.150. The molecule has 0 radical (unpaired) electrons. The topological polar surface area (TPSA) is 81.1 Å². The van der Waals surface area contributed by atoms with Crippen molar-refractivity contribution < 1.29 is 9.53 Å². The highest BCUT2D eigenvalue weighted by Gasteiger charge is 2.24. The van der Waals surface area contributed by atoms with Gasteiger partial charge in [-0.1, -0.05) is 41.7 Å². The Morgan fingerprint density at radius 3 is 2.71 bits per heavy atom. The molecule has 0 saturated carbocycles. The first-order valence-corrected chi connectivity index (χ1v) is 9.50. The number of benzene rings is 2. The van der Waals surface area contributed by atoms with Crippen LogP contribution in [0.4, 0.5) is 9.93 Å². The van der Waals surface area contributed by atoms with Gasteiger partial charge in [0, 0.05) is 25.0 Å². The fourth-order valence-corrected chi connectivity index (χ4v) is 3.89. The molecule has 28 heavy (non-hydrogen) atoms. The number of carbonyl (C=O) groups is 1. The SMILES string of the molecule is COc1ccccc1C(NC(=O)Nc1nc2ccccc2s1)c1nccn1C. The Hall–Kier alpha value is -3.39. The third kappa shape index (κ3) is 3.54. The summed E-state index contributed by atoms with van der Waals surface area (Å²) in [4.78, 5) is 21.6. The van der Waals surface area contributed by atoms with Crippen LogP contribution in [0.1, 0.15) is 17.4 Å². The molecule has 0 fully saturated rings. The van der Waals surface area contributed by atoms with Crippen molar-refractivity contribution in [2.24, 2.45) is 7.05 Å². The van der Waals surface area contributed by atoms with Crippen LogP contribution in [0.25, 0.3) is 10.2 Å². The number of urea groups is 1. The van der Waals surface area contributed by atoms with Gasteiger partial charge in [0.05, 0.1) is 17.3 Å². The average molecular weight is 393 g/mol. The normalized spacial score (nSPS) is 11.9. The highest BCUT2D eigenvalue weighted by molar-refractivity contribution is 7.22. The second-order valence-corrected chi connectivity index (χ2v) is 7.19. The number of rotatable bonds is 5. The van der Waals surface area contributed by atoms with Crippen LogP contribution in [0.2, 0.25) is 0 Å². The third-order valence-corrected chi connectivity index (χ3v) is 5.31. The van der Waals surface area contributed by atoms with Crippen molar-refractivity contribution in [1.29, 1.82) is 0 Å². The second kappa shape index (κ2) is 7.69. The van der Waals surface area contributed by atoms with E-state index in [1.807, 2.05) is 66.3 Å². The molecule has 8 heteroatoms. The number of imidazole rings is 1. The van der Waals surface area contributed by atoms with Gasteiger partial charge in [-0.2, -0.15) is 0 Å². The molecule has 7 nitrogen and oxygen atoms in total. The molecule has 0 aliphatic heterocycles. The zero-order chi connectivity index (χ0) is 19.5. The molecular formula is C20H19N5O2S. The van der Waals surface area contributed by atoms with Crippen molar-refractivity contribution in [3.8, 4) is 5.75 Å². The standard InChI is InChI=1S/C20H19N5O2S/c1-25-12-11-21-18(25)17(13-7-3-5-9-15(13)27-2)23-19(26)24-20-22-14-8-4-6-10-16(14)28-20/h3-12,17H,1-2H3,(H2,22,23,24,26). The number of para-hydroxylation sites is 2. The zero-order valence-electron chi connectivity index (χ0n) is 15.4. The number of hydrogen-bond donors (Lipinski definition) is 2. The molecule has 2 aromatic heterocycles. The van der Waals surface area contributed by atoms with Crippen molar-refractivity contribution in [3.63, 3.8) is 0 Å². The number of carbonyl (C=O) groups excluding carboxylic acids is 1. The molecule has 142 valence electrons. The summed E-state index contributed by atoms with van der Waals surface area (Å²) in [6, 6.07) is 14.5. The fourth-order valence-electron chi connectivity index (χ4n) is 3.03. The molecule has 0 bridgehead atoms. The Morgan fingerprint density at radius 2 is 1.96 bits per heavy atom. The molecule has 0 spiro atoms. The van der Waals surface area contributed by atoms with Gasteiger partial charge in [0.25, 0.3) is 0 Å². The quantitative estimate of drug-likeness (QED) is 0.538. The van der Waals surface area contributed by atoms with Gasteiger partial charge in [-0.3, -0.25) is 5.32 Å². The molecule has 2 heterocycles. The first-order valence-electron chi connectivity index (χ1n) is 8.69.